The molecule has 3 rings (SSSR count). The maximum atomic E-state index is 13.0. The number of hydrogen-bond donors (Lipinski definition) is 2. The number of thioether (sulfide) groups is 1. The summed E-state index contributed by atoms with van der Waals surface area (Å²) in [5.74, 6) is -0.946. The first-order valence-corrected chi connectivity index (χ1v) is 15.3. The maximum absolute atomic E-state index is 13.0. The molecule has 0 aliphatic carbocycles. The first-order valence-electron chi connectivity index (χ1n) is 13.5. The van der Waals surface area contributed by atoms with Crippen LogP contribution in [0.2, 0.25) is 0 Å². The van der Waals surface area contributed by atoms with Gasteiger partial charge in [0.2, 0.25) is 5.91 Å². The van der Waals surface area contributed by atoms with Crippen LogP contribution in [0.15, 0.2) is 29.4 Å². The van der Waals surface area contributed by atoms with Gasteiger partial charge in [0.15, 0.2) is 11.0 Å². The van der Waals surface area contributed by atoms with E-state index in [1.165, 1.54) is 18.9 Å². The SMILES string of the molecule is CCCCn1c(CNC(=O)c2ccccc2OC)nnc1SCC(=O)Nc1sc(C(=O)OCC)c(C)c1C(=O)OCC. The van der Waals surface area contributed by atoms with Crippen LogP contribution in [0.25, 0.3) is 0 Å². The standard InChI is InChI=1S/C28H35N5O7S2/c1-6-9-14-33-20(15-29-24(35)18-12-10-11-13-19(18)38-5)31-32-28(33)41-16-21(34)30-25-22(26(36)39-7-2)17(4)23(42-25)27(37)40-8-3/h10-13H,6-9,14-16H2,1-5H3,(H,29,35)(H,30,34). The lowest BCUT2D eigenvalue weighted by molar-refractivity contribution is -0.113. The molecule has 2 N–H and O–H groups in total. The minimum absolute atomic E-state index is 0.0359. The molecule has 1 aromatic carbocycles. The molecule has 226 valence electrons. The predicted octanol–water partition coefficient (Wildman–Crippen LogP) is 4.47. The third-order valence-corrected chi connectivity index (χ3v) is 8.11. The first kappa shape index (κ1) is 32.6. The number of nitrogens with zero attached hydrogens (tertiary/aromatic N) is 3. The van der Waals surface area contributed by atoms with Crippen molar-refractivity contribution in [2.45, 2.75) is 58.8 Å². The van der Waals surface area contributed by atoms with E-state index in [0.717, 1.165) is 24.2 Å². The summed E-state index contributed by atoms with van der Waals surface area (Å²) in [7, 11) is 1.50. The van der Waals surface area contributed by atoms with Gasteiger partial charge in [-0.15, -0.1) is 21.5 Å². The third kappa shape index (κ3) is 8.10. The number of methoxy groups -OCH3 is 1. The number of anilines is 1. The zero-order valence-corrected chi connectivity index (χ0v) is 25.9. The van der Waals surface area contributed by atoms with Gasteiger partial charge in [0.25, 0.3) is 5.91 Å². The van der Waals surface area contributed by atoms with Gasteiger partial charge >= 0.3 is 11.9 Å². The van der Waals surface area contributed by atoms with Crippen molar-refractivity contribution < 1.29 is 33.4 Å². The number of hydrogen-bond acceptors (Lipinski definition) is 11. The molecule has 0 unspecified atom stereocenters. The normalized spacial score (nSPS) is 10.7. The average Bonchev–Trinajstić information content (AvgIpc) is 3.53. The fraction of sp³-hybridized carbons (Fsp3) is 0.429. The second-order valence-electron chi connectivity index (χ2n) is 8.83. The molecule has 42 heavy (non-hydrogen) atoms. The molecule has 0 bridgehead atoms. The van der Waals surface area contributed by atoms with Crippen LogP contribution in [-0.4, -0.2) is 64.6 Å². The molecule has 0 saturated heterocycles. The Balaban J connectivity index is 1.73. The largest absolute Gasteiger partial charge is 0.496 e. The summed E-state index contributed by atoms with van der Waals surface area (Å²) < 4.78 is 17.4. The fourth-order valence-corrected chi connectivity index (χ4v) is 5.81. The molecule has 0 saturated carbocycles. The highest BCUT2D eigenvalue weighted by atomic mass is 32.2. The maximum Gasteiger partial charge on any atom is 0.348 e. The third-order valence-electron chi connectivity index (χ3n) is 5.96. The lowest BCUT2D eigenvalue weighted by atomic mass is 10.1. The number of nitrogens with one attached hydrogen (secondary N) is 2. The minimum atomic E-state index is -0.635. The van der Waals surface area contributed by atoms with Crippen molar-refractivity contribution in [2.24, 2.45) is 0 Å². The lowest BCUT2D eigenvalue weighted by Crippen LogP contribution is -2.25. The zero-order chi connectivity index (χ0) is 30.6. The van der Waals surface area contributed by atoms with Crippen LogP contribution in [0.3, 0.4) is 0 Å². The molecule has 0 aliphatic heterocycles. The fourth-order valence-electron chi connectivity index (χ4n) is 3.92. The lowest BCUT2D eigenvalue weighted by Gasteiger charge is -2.11. The van der Waals surface area contributed by atoms with Crippen LogP contribution in [0.5, 0.6) is 5.75 Å². The zero-order valence-electron chi connectivity index (χ0n) is 24.3. The van der Waals surface area contributed by atoms with Gasteiger partial charge in [-0.2, -0.15) is 0 Å². The van der Waals surface area contributed by atoms with Crippen LogP contribution in [0.1, 0.15) is 75.4 Å². The molecular formula is C28H35N5O7S2. The highest BCUT2D eigenvalue weighted by molar-refractivity contribution is 7.99. The van der Waals surface area contributed by atoms with Gasteiger partial charge in [-0.3, -0.25) is 9.59 Å². The quantitative estimate of drug-likeness (QED) is 0.185. The summed E-state index contributed by atoms with van der Waals surface area (Å²) in [6.45, 7) is 8.09. The molecule has 0 aliphatic rings. The molecule has 0 atom stereocenters. The minimum Gasteiger partial charge on any atom is -0.496 e. The Bertz CT molecular complexity index is 1420. The number of benzene rings is 1. The Morgan fingerprint density at radius 1 is 1.02 bits per heavy atom. The summed E-state index contributed by atoms with van der Waals surface area (Å²) >= 11 is 2.14. The van der Waals surface area contributed by atoms with E-state index in [1.807, 2.05) is 4.57 Å². The molecule has 2 aromatic heterocycles. The smallest absolute Gasteiger partial charge is 0.348 e. The number of amides is 2. The van der Waals surface area contributed by atoms with Crippen molar-refractivity contribution in [1.82, 2.24) is 20.1 Å². The molecule has 2 amide bonds. The van der Waals surface area contributed by atoms with E-state index >= 15 is 0 Å². The van der Waals surface area contributed by atoms with Crippen LogP contribution in [-0.2, 0) is 27.4 Å². The van der Waals surface area contributed by atoms with E-state index in [4.69, 9.17) is 14.2 Å². The highest BCUT2D eigenvalue weighted by Crippen LogP contribution is 2.34. The molecule has 14 heteroatoms. The molecule has 3 aromatic rings. The Hall–Kier alpha value is -3.91. The van der Waals surface area contributed by atoms with Gasteiger partial charge in [0.05, 0.1) is 43.7 Å². The number of ether oxygens (including phenoxy) is 3. The number of thiophene rings is 1. The summed E-state index contributed by atoms with van der Waals surface area (Å²) in [5, 5.41) is 14.8. The van der Waals surface area contributed by atoms with Gasteiger partial charge in [-0.1, -0.05) is 37.2 Å². The second kappa shape index (κ2) is 15.9. The van der Waals surface area contributed by atoms with Gasteiger partial charge in [0.1, 0.15) is 15.6 Å². The Kier molecular flexibility index (Phi) is 12.4. The number of aromatic nitrogens is 3. The van der Waals surface area contributed by atoms with Gasteiger partial charge in [-0.05, 0) is 44.9 Å². The van der Waals surface area contributed by atoms with Crippen LogP contribution < -0.4 is 15.4 Å². The number of carbonyl (C=O) groups excluding carboxylic acids is 4. The van der Waals surface area contributed by atoms with E-state index in [1.54, 1.807) is 45.0 Å². The number of unbranched alkanes of at least 4 members (excludes halogenated alkanes) is 1. The highest BCUT2D eigenvalue weighted by Gasteiger charge is 2.27. The van der Waals surface area contributed by atoms with Crippen molar-refractivity contribution in [3.63, 3.8) is 0 Å². The number of esters is 2. The van der Waals surface area contributed by atoms with E-state index in [2.05, 4.69) is 27.8 Å². The van der Waals surface area contributed by atoms with E-state index in [9.17, 15) is 19.2 Å². The van der Waals surface area contributed by atoms with E-state index < -0.39 is 17.8 Å². The first-order chi connectivity index (χ1) is 20.2. The van der Waals surface area contributed by atoms with Crippen LogP contribution in [0, 0.1) is 6.92 Å². The summed E-state index contributed by atoms with van der Waals surface area (Å²) in [5.41, 5.74) is 0.921. The summed E-state index contributed by atoms with van der Waals surface area (Å²) in [6.07, 6.45) is 1.77. The predicted molar refractivity (Wildman–Crippen MR) is 159 cm³/mol. The molecule has 0 radical (unpaired) electrons. The van der Waals surface area contributed by atoms with Crippen molar-refractivity contribution in [2.75, 3.05) is 31.4 Å². The molecular weight excluding hydrogens is 582 g/mol. The number of carbonyl (C=O) groups is 4. The second-order valence-corrected chi connectivity index (χ2v) is 10.8. The van der Waals surface area contributed by atoms with Gasteiger partial charge < -0.3 is 29.4 Å². The Morgan fingerprint density at radius 3 is 2.43 bits per heavy atom. The van der Waals surface area contributed by atoms with Crippen molar-refractivity contribution in [3.8, 4) is 5.75 Å². The molecule has 0 spiro atoms. The summed E-state index contributed by atoms with van der Waals surface area (Å²) in [4.78, 5) is 51.0. The van der Waals surface area contributed by atoms with E-state index in [0.29, 0.717) is 34.4 Å². The number of rotatable bonds is 15. The monoisotopic (exact) mass is 617 g/mol. The van der Waals surface area contributed by atoms with Crippen LogP contribution >= 0.6 is 23.1 Å². The topological polar surface area (TPSA) is 151 Å². The van der Waals surface area contributed by atoms with Crippen molar-refractivity contribution >= 4 is 51.9 Å². The van der Waals surface area contributed by atoms with Gasteiger partial charge in [-0.25, -0.2) is 9.59 Å². The summed E-state index contributed by atoms with van der Waals surface area (Å²) in [6, 6.07) is 6.93. The van der Waals surface area contributed by atoms with Crippen LogP contribution in [0.4, 0.5) is 5.00 Å². The Labute approximate surface area is 252 Å². The molecule has 12 nitrogen and oxygen atoms in total. The van der Waals surface area contributed by atoms with E-state index in [-0.39, 0.29) is 46.9 Å². The molecule has 2 heterocycles. The van der Waals surface area contributed by atoms with Gasteiger partial charge in [0, 0.05) is 6.54 Å². The Morgan fingerprint density at radius 2 is 1.74 bits per heavy atom. The number of para-hydroxylation sites is 1. The van der Waals surface area contributed by atoms with Crippen molar-refractivity contribution in [1.29, 1.82) is 0 Å². The average molecular weight is 618 g/mol. The molecule has 0 fully saturated rings. The van der Waals surface area contributed by atoms with Crippen molar-refractivity contribution in [3.05, 3.63) is 51.7 Å².